The molecule has 2 aliphatic rings. The number of carbonyl (C=O) groups excluding carboxylic acids is 3. The van der Waals surface area contributed by atoms with Crippen LogP contribution in [0.4, 0.5) is 4.79 Å². The first-order valence-electron chi connectivity index (χ1n) is 11.0. The van der Waals surface area contributed by atoms with Gasteiger partial charge in [-0.1, -0.05) is 48.5 Å². The molecular weight excluding hydrogens is 406 g/mol. The Bertz CT molecular complexity index is 1010. The minimum atomic E-state index is -0.901. The highest BCUT2D eigenvalue weighted by Gasteiger charge is 2.56. The van der Waals surface area contributed by atoms with Gasteiger partial charge in [0.1, 0.15) is 24.4 Å². The Morgan fingerprint density at radius 1 is 1.12 bits per heavy atom. The first-order valence-corrected chi connectivity index (χ1v) is 11.0. The summed E-state index contributed by atoms with van der Waals surface area (Å²) in [4.78, 5) is 39.1. The Morgan fingerprint density at radius 2 is 1.78 bits per heavy atom. The molecule has 7 nitrogen and oxygen atoms in total. The molecule has 2 aromatic carbocycles. The van der Waals surface area contributed by atoms with Gasteiger partial charge in [0, 0.05) is 0 Å². The normalized spacial score (nSPS) is 21.3. The van der Waals surface area contributed by atoms with E-state index < -0.39 is 23.5 Å². The number of urea groups is 1. The van der Waals surface area contributed by atoms with E-state index in [0.29, 0.717) is 0 Å². The highest BCUT2D eigenvalue weighted by molar-refractivity contribution is 6.09. The van der Waals surface area contributed by atoms with E-state index in [2.05, 4.69) is 10.6 Å². The number of imide groups is 1. The van der Waals surface area contributed by atoms with Crippen LogP contribution in [0.25, 0.3) is 0 Å². The molecule has 0 spiro atoms. The standard InChI is InChI=1S/C25H29N3O4/c1-16-8-7-9-17(2)22(16)32-15-20(18-10-5-4-6-11-18)26-21(29)14-28-23(30)25(3,19-12-13-19)27-24(28)31/h4-11,19-20H,12-15H2,1-3H3,(H,26,29)(H,27,31). The summed E-state index contributed by atoms with van der Waals surface area (Å²) in [6, 6.07) is 14.5. The smallest absolute Gasteiger partial charge is 0.325 e. The largest absolute Gasteiger partial charge is 0.491 e. The van der Waals surface area contributed by atoms with Gasteiger partial charge in [-0.25, -0.2) is 4.79 Å². The third-order valence-electron chi connectivity index (χ3n) is 6.34. The number of ether oxygens (including phenoxy) is 1. The second-order valence-electron chi connectivity index (χ2n) is 8.86. The van der Waals surface area contributed by atoms with Gasteiger partial charge in [-0.3, -0.25) is 14.5 Å². The molecule has 2 fully saturated rings. The summed E-state index contributed by atoms with van der Waals surface area (Å²) in [6.07, 6.45) is 1.82. The Labute approximate surface area is 188 Å². The maximum absolute atomic E-state index is 12.9. The van der Waals surface area contributed by atoms with Crippen molar-refractivity contribution in [2.45, 2.75) is 45.2 Å². The van der Waals surface area contributed by atoms with Crippen LogP contribution in [0.3, 0.4) is 0 Å². The number of hydrogen-bond donors (Lipinski definition) is 2. The van der Waals surface area contributed by atoms with Gasteiger partial charge in [-0.2, -0.15) is 0 Å². The third kappa shape index (κ3) is 4.33. The van der Waals surface area contributed by atoms with Crippen LogP contribution in [0.1, 0.15) is 42.5 Å². The number of hydrogen-bond acceptors (Lipinski definition) is 4. The first kappa shape index (κ1) is 21.9. The van der Waals surface area contributed by atoms with Crippen LogP contribution in [0.2, 0.25) is 0 Å². The molecule has 1 aliphatic heterocycles. The van der Waals surface area contributed by atoms with E-state index in [4.69, 9.17) is 4.74 Å². The second kappa shape index (κ2) is 8.65. The van der Waals surface area contributed by atoms with Crippen LogP contribution >= 0.6 is 0 Å². The SMILES string of the molecule is Cc1cccc(C)c1OCC(NC(=O)CN1C(=O)NC(C)(C2CC2)C1=O)c1ccccc1. The molecule has 7 heteroatoms. The highest BCUT2D eigenvalue weighted by Crippen LogP contribution is 2.42. The number of nitrogens with zero attached hydrogens (tertiary/aromatic N) is 1. The van der Waals surface area contributed by atoms with Gasteiger partial charge in [0.05, 0.1) is 6.04 Å². The monoisotopic (exact) mass is 435 g/mol. The summed E-state index contributed by atoms with van der Waals surface area (Å²) in [6.45, 7) is 5.61. The summed E-state index contributed by atoms with van der Waals surface area (Å²) >= 11 is 0. The quantitative estimate of drug-likeness (QED) is 0.623. The fraction of sp³-hybridized carbons (Fsp3) is 0.400. The van der Waals surface area contributed by atoms with Crippen molar-refractivity contribution in [2.24, 2.45) is 5.92 Å². The number of amides is 4. The van der Waals surface area contributed by atoms with Crippen LogP contribution in [-0.4, -0.2) is 41.4 Å². The van der Waals surface area contributed by atoms with Gasteiger partial charge in [0.25, 0.3) is 5.91 Å². The average molecular weight is 436 g/mol. The summed E-state index contributed by atoms with van der Waals surface area (Å²) in [5, 5.41) is 5.72. The van der Waals surface area contributed by atoms with Gasteiger partial charge in [-0.05, 0) is 56.2 Å². The van der Waals surface area contributed by atoms with Crippen molar-refractivity contribution in [3.8, 4) is 5.75 Å². The molecule has 2 N–H and O–H groups in total. The molecule has 1 aliphatic carbocycles. The molecule has 32 heavy (non-hydrogen) atoms. The van der Waals surface area contributed by atoms with Crippen LogP contribution in [0.15, 0.2) is 48.5 Å². The lowest BCUT2D eigenvalue weighted by Crippen LogP contribution is -2.47. The zero-order chi connectivity index (χ0) is 22.9. The maximum atomic E-state index is 12.9. The summed E-state index contributed by atoms with van der Waals surface area (Å²) in [7, 11) is 0. The van der Waals surface area contributed by atoms with E-state index in [1.54, 1.807) is 6.92 Å². The highest BCUT2D eigenvalue weighted by atomic mass is 16.5. The van der Waals surface area contributed by atoms with Gasteiger partial charge in [0.15, 0.2) is 0 Å². The van der Waals surface area contributed by atoms with Gasteiger partial charge in [0.2, 0.25) is 5.91 Å². The van der Waals surface area contributed by atoms with Gasteiger partial charge >= 0.3 is 6.03 Å². The zero-order valence-corrected chi connectivity index (χ0v) is 18.7. The number of carbonyl (C=O) groups is 3. The first-order chi connectivity index (χ1) is 15.3. The molecule has 4 amide bonds. The van der Waals surface area contributed by atoms with Crippen LogP contribution in [-0.2, 0) is 9.59 Å². The van der Waals surface area contributed by atoms with Crippen LogP contribution in [0, 0.1) is 19.8 Å². The van der Waals surface area contributed by atoms with E-state index in [9.17, 15) is 14.4 Å². The van der Waals surface area contributed by atoms with E-state index in [1.807, 2.05) is 62.4 Å². The van der Waals surface area contributed by atoms with Crippen molar-refractivity contribution < 1.29 is 19.1 Å². The lowest BCUT2D eigenvalue weighted by molar-refractivity contribution is -0.135. The predicted octanol–water partition coefficient (Wildman–Crippen LogP) is 3.26. The number of benzene rings is 2. The molecule has 2 unspecified atom stereocenters. The van der Waals surface area contributed by atoms with Crippen LogP contribution < -0.4 is 15.4 Å². The second-order valence-corrected chi connectivity index (χ2v) is 8.86. The topological polar surface area (TPSA) is 87.7 Å². The molecule has 0 radical (unpaired) electrons. The molecule has 4 rings (SSSR count). The van der Waals surface area contributed by atoms with Gasteiger partial charge in [-0.15, -0.1) is 0 Å². The van der Waals surface area contributed by atoms with Crippen molar-refractivity contribution in [2.75, 3.05) is 13.2 Å². The van der Waals surface area contributed by atoms with E-state index >= 15 is 0 Å². The molecule has 1 heterocycles. The van der Waals surface area contributed by atoms with E-state index in [1.165, 1.54) is 0 Å². The fourth-order valence-corrected chi connectivity index (χ4v) is 4.28. The van der Waals surface area contributed by atoms with Gasteiger partial charge < -0.3 is 15.4 Å². The molecular formula is C25H29N3O4. The molecule has 1 saturated heterocycles. The minimum Gasteiger partial charge on any atom is -0.491 e. The number of para-hydroxylation sites is 1. The Morgan fingerprint density at radius 3 is 2.41 bits per heavy atom. The fourth-order valence-electron chi connectivity index (χ4n) is 4.28. The summed E-state index contributed by atoms with van der Waals surface area (Å²) in [5.41, 5.74) is 2.01. The minimum absolute atomic E-state index is 0.148. The van der Waals surface area contributed by atoms with Crippen molar-refractivity contribution in [1.82, 2.24) is 15.5 Å². The third-order valence-corrected chi connectivity index (χ3v) is 6.34. The molecule has 0 bridgehead atoms. The lowest BCUT2D eigenvalue weighted by Gasteiger charge is -2.23. The molecule has 168 valence electrons. The maximum Gasteiger partial charge on any atom is 0.325 e. The number of nitrogens with one attached hydrogen (secondary N) is 2. The zero-order valence-electron chi connectivity index (χ0n) is 18.7. The number of aryl methyl sites for hydroxylation is 2. The molecule has 0 aromatic heterocycles. The molecule has 1 saturated carbocycles. The number of rotatable bonds is 8. The lowest BCUT2D eigenvalue weighted by atomic mass is 9.96. The Balaban J connectivity index is 1.46. The van der Waals surface area contributed by atoms with E-state index in [0.717, 1.165) is 40.2 Å². The van der Waals surface area contributed by atoms with Crippen LogP contribution in [0.5, 0.6) is 5.75 Å². The predicted molar refractivity (Wildman–Crippen MR) is 120 cm³/mol. The Kier molecular flexibility index (Phi) is 5.91. The average Bonchev–Trinajstić information content (AvgIpc) is 3.59. The van der Waals surface area contributed by atoms with E-state index in [-0.39, 0.29) is 25.0 Å². The Hall–Kier alpha value is -3.35. The van der Waals surface area contributed by atoms with Crippen molar-refractivity contribution in [1.29, 1.82) is 0 Å². The van der Waals surface area contributed by atoms with Crippen molar-refractivity contribution in [3.05, 3.63) is 65.2 Å². The molecule has 2 atom stereocenters. The van der Waals surface area contributed by atoms with Crippen molar-refractivity contribution in [3.63, 3.8) is 0 Å². The summed E-state index contributed by atoms with van der Waals surface area (Å²) < 4.78 is 6.10. The van der Waals surface area contributed by atoms with Crippen molar-refractivity contribution >= 4 is 17.8 Å². The molecule has 2 aromatic rings. The summed E-state index contributed by atoms with van der Waals surface area (Å²) in [5.74, 6) is 0.197.